The number of hydrogen-bond acceptors (Lipinski definition) is 2. The van der Waals surface area contributed by atoms with E-state index in [9.17, 15) is 9.90 Å². The van der Waals surface area contributed by atoms with Crippen molar-refractivity contribution in [3.05, 3.63) is 27.8 Å². The highest BCUT2D eigenvalue weighted by Gasteiger charge is 2.21. The molecule has 0 aliphatic carbocycles. The molecule has 0 saturated carbocycles. The number of carbonyl (C=O) groups excluding carboxylic acids is 1. The molecule has 0 aliphatic rings. The molecule has 16 heavy (non-hydrogen) atoms. The molecule has 0 radical (unpaired) electrons. The normalized spacial score (nSPS) is 10.9. The van der Waals surface area contributed by atoms with Gasteiger partial charge in [0, 0.05) is 5.92 Å². The van der Waals surface area contributed by atoms with Crippen molar-refractivity contribution >= 4 is 5.78 Å². The van der Waals surface area contributed by atoms with Crippen molar-refractivity contribution in [1.29, 1.82) is 0 Å². The first-order valence-electron chi connectivity index (χ1n) is 5.62. The highest BCUT2D eigenvalue weighted by atomic mass is 16.3. The second-order valence-corrected chi connectivity index (χ2v) is 4.74. The lowest BCUT2D eigenvalue weighted by Gasteiger charge is -2.17. The fourth-order valence-electron chi connectivity index (χ4n) is 1.88. The van der Waals surface area contributed by atoms with Crippen LogP contribution in [0, 0.1) is 33.6 Å². The summed E-state index contributed by atoms with van der Waals surface area (Å²) in [6.45, 7) is 11.4. The molecule has 0 aromatic heterocycles. The third-order valence-electron chi connectivity index (χ3n) is 3.43. The SMILES string of the molecule is Cc1c(C)c(C)c(C(=O)C(C)C)c(O)c1C. The van der Waals surface area contributed by atoms with Crippen LogP contribution in [0.3, 0.4) is 0 Å². The minimum absolute atomic E-state index is 0.0150. The maximum atomic E-state index is 12.0. The lowest BCUT2D eigenvalue weighted by molar-refractivity contribution is 0.0936. The first kappa shape index (κ1) is 12.8. The molecule has 0 heterocycles. The van der Waals surface area contributed by atoms with Crippen molar-refractivity contribution in [2.24, 2.45) is 5.92 Å². The first-order valence-corrected chi connectivity index (χ1v) is 5.62. The fraction of sp³-hybridized carbons (Fsp3) is 0.500. The van der Waals surface area contributed by atoms with Gasteiger partial charge in [-0.2, -0.15) is 0 Å². The van der Waals surface area contributed by atoms with E-state index in [-0.39, 0.29) is 17.5 Å². The number of rotatable bonds is 2. The van der Waals surface area contributed by atoms with Crippen molar-refractivity contribution in [2.75, 3.05) is 0 Å². The van der Waals surface area contributed by atoms with Crippen molar-refractivity contribution in [3.63, 3.8) is 0 Å². The van der Waals surface area contributed by atoms with E-state index in [1.54, 1.807) is 0 Å². The van der Waals surface area contributed by atoms with Gasteiger partial charge in [0.15, 0.2) is 5.78 Å². The number of hydrogen-bond donors (Lipinski definition) is 1. The third kappa shape index (κ3) is 1.84. The molecule has 1 aromatic carbocycles. The van der Waals surface area contributed by atoms with Crippen LogP contribution in [0.15, 0.2) is 0 Å². The first-order chi connectivity index (χ1) is 7.29. The Morgan fingerprint density at radius 3 is 1.81 bits per heavy atom. The Bertz CT molecular complexity index is 414. The maximum absolute atomic E-state index is 12.0. The minimum Gasteiger partial charge on any atom is -0.507 e. The molecule has 0 bridgehead atoms. The van der Waals surface area contributed by atoms with E-state index in [1.165, 1.54) is 0 Å². The van der Waals surface area contributed by atoms with Crippen molar-refractivity contribution in [3.8, 4) is 5.75 Å². The summed E-state index contributed by atoms with van der Waals surface area (Å²) in [4.78, 5) is 12.0. The number of phenols is 1. The van der Waals surface area contributed by atoms with Crippen molar-refractivity contribution < 1.29 is 9.90 Å². The Kier molecular flexibility index (Phi) is 3.41. The summed E-state index contributed by atoms with van der Waals surface area (Å²) in [5.41, 5.74) is 4.37. The zero-order valence-corrected chi connectivity index (χ0v) is 10.9. The topological polar surface area (TPSA) is 37.3 Å². The van der Waals surface area contributed by atoms with Crippen LogP contribution in [-0.2, 0) is 0 Å². The second kappa shape index (κ2) is 4.28. The van der Waals surface area contributed by atoms with Crippen LogP contribution in [0.4, 0.5) is 0 Å². The Morgan fingerprint density at radius 2 is 1.38 bits per heavy atom. The van der Waals surface area contributed by atoms with Crippen LogP contribution in [-0.4, -0.2) is 10.9 Å². The van der Waals surface area contributed by atoms with Gasteiger partial charge in [-0.3, -0.25) is 4.79 Å². The summed E-state index contributed by atoms with van der Waals surface area (Å²) in [5.74, 6) is 0.0756. The van der Waals surface area contributed by atoms with Gasteiger partial charge in [-0.15, -0.1) is 0 Å². The molecule has 2 heteroatoms. The van der Waals surface area contributed by atoms with Crippen LogP contribution in [0.1, 0.15) is 46.5 Å². The van der Waals surface area contributed by atoms with Gasteiger partial charge in [0.2, 0.25) is 0 Å². The Balaban J connectivity index is 3.58. The number of carbonyl (C=O) groups is 1. The Morgan fingerprint density at radius 1 is 0.938 bits per heavy atom. The zero-order chi connectivity index (χ0) is 12.6. The van der Waals surface area contributed by atoms with Crippen LogP contribution >= 0.6 is 0 Å². The molecule has 0 fully saturated rings. The molecule has 0 amide bonds. The van der Waals surface area contributed by atoms with E-state index in [0.717, 1.165) is 22.3 Å². The summed E-state index contributed by atoms with van der Waals surface area (Å²) in [6, 6.07) is 0. The number of phenolic OH excluding ortho intramolecular Hbond substituents is 1. The Labute approximate surface area is 97.3 Å². The highest BCUT2D eigenvalue weighted by molar-refractivity contribution is 6.02. The maximum Gasteiger partial charge on any atom is 0.169 e. The Hall–Kier alpha value is -1.31. The molecule has 0 unspecified atom stereocenters. The highest BCUT2D eigenvalue weighted by Crippen LogP contribution is 2.33. The molecule has 0 spiro atoms. The van der Waals surface area contributed by atoms with Gasteiger partial charge >= 0.3 is 0 Å². The van der Waals surface area contributed by atoms with Gasteiger partial charge in [-0.25, -0.2) is 0 Å². The summed E-state index contributed by atoms with van der Waals surface area (Å²) < 4.78 is 0. The van der Waals surface area contributed by atoms with Gasteiger partial charge < -0.3 is 5.11 Å². The largest absolute Gasteiger partial charge is 0.507 e. The lowest BCUT2D eigenvalue weighted by Crippen LogP contribution is -2.12. The quantitative estimate of drug-likeness (QED) is 0.775. The molecule has 1 N–H and O–H groups in total. The van der Waals surface area contributed by atoms with E-state index >= 15 is 0 Å². The van der Waals surface area contributed by atoms with Crippen LogP contribution in [0.2, 0.25) is 0 Å². The molecule has 0 saturated heterocycles. The van der Waals surface area contributed by atoms with E-state index in [4.69, 9.17) is 0 Å². The smallest absolute Gasteiger partial charge is 0.169 e. The standard InChI is InChI=1S/C14H20O2/c1-7(2)13(15)12-10(5)8(3)9(4)11(6)14(12)16/h7,16H,1-6H3. The predicted molar refractivity (Wildman–Crippen MR) is 66.2 cm³/mol. The van der Waals surface area contributed by atoms with Gasteiger partial charge in [0.25, 0.3) is 0 Å². The summed E-state index contributed by atoms with van der Waals surface area (Å²) >= 11 is 0. The molecular weight excluding hydrogens is 200 g/mol. The average molecular weight is 220 g/mol. The molecule has 1 aromatic rings. The molecule has 2 nitrogen and oxygen atoms in total. The number of aromatic hydroxyl groups is 1. The average Bonchev–Trinajstić information content (AvgIpc) is 2.23. The van der Waals surface area contributed by atoms with Crippen LogP contribution in [0.25, 0.3) is 0 Å². The fourth-order valence-corrected chi connectivity index (χ4v) is 1.88. The zero-order valence-electron chi connectivity index (χ0n) is 10.9. The third-order valence-corrected chi connectivity index (χ3v) is 3.43. The predicted octanol–water partition coefficient (Wildman–Crippen LogP) is 3.46. The molecule has 0 aliphatic heterocycles. The van der Waals surface area contributed by atoms with Gasteiger partial charge in [-0.1, -0.05) is 13.8 Å². The van der Waals surface area contributed by atoms with E-state index in [2.05, 4.69) is 0 Å². The van der Waals surface area contributed by atoms with E-state index in [1.807, 2.05) is 41.5 Å². The van der Waals surface area contributed by atoms with Gasteiger partial charge in [0.05, 0.1) is 5.56 Å². The summed E-state index contributed by atoms with van der Waals surface area (Å²) in [6.07, 6.45) is 0. The van der Waals surface area contributed by atoms with E-state index in [0.29, 0.717) is 5.56 Å². The summed E-state index contributed by atoms with van der Waals surface area (Å²) in [7, 11) is 0. The lowest BCUT2D eigenvalue weighted by atomic mass is 9.88. The molecule has 1 rings (SSSR count). The summed E-state index contributed by atoms with van der Waals surface area (Å²) in [5, 5.41) is 10.1. The monoisotopic (exact) mass is 220 g/mol. The van der Waals surface area contributed by atoms with Crippen LogP contribution in [0.5, 0.6) is 5.75 Å². The molecule has 0 atom stereocenters. The van der Waals surface area contributed by atoms with Crippen molar-refractivity contribution in [2.45, 2.75) is 41.5 Å². The second-order valence-electron chi connectivity index (χ2n) is 4.74. The van der Waals surface area contributed by atoms with Crippen LogP contribution < -0.4 is 0 Å². The van der Waals surface area contributed by atoms with E-state index < -0.39 is 0 Å². The number of ketones is 1. The van der Waals surface area contributed by atoms with Gasteiger partial charge in [-0.05, 0) is 49.9 Å². The number of Topliss-reactive ketones (excluding diaryl/α,β-unsaturated/α-hetero) is 1. The van der Waals surface area contributed by atoms with Crippen molar-refractivity contribution in [1.82, 2.24) is 0 Å². The minimum atomic E-state index is -0.0916. The molecular formula is C14H20O2. The molecule has 88 valence electrons. The van der Waals surface area contributed by atoms with Gasteiger partial charge in [0.1, 0.15) is 5.75 Å². The number of benzene rings is 1.